The number of nitrogens with one attached hydrogen (secondary N) is 1. The molecule has 1 atom stereocenters. The predicted molar refractivity (Wildman–Crippen MR) is 126 cm³/mol. The zero-order valence-corrected chi connectivity index (χ0v) is 20.7. The van der Waals surface area contributed by atoms with E-state index in [1.807, 2.05) is 0 Å². The number of carbonyl (C=O) groups is 1. The molecule has 2 aromatic carbocycles. The van der Waals surface area contributed by atoms with Crippen LogP contribution >= 0.6 is 31.9 Å². The van der Waals surface area contributed by atoms with Gasteiger partial charge in [0.05, 0.1) is 11.5 Å². The van der Waals surface area contributed by atoms with Crippen molar-refractivity contribution < 1.29 is 27.9 Å². The summed E-state index contributed by atoms with van der Waals surface area (Å²) in [6.07, 6.45) is 0.506. The average molecular weight is 594 g/mol. The fraction of sp³-hybridized carbons (Fsp3) is 0.263. The van der Waals surface area contributed by atoms with Gasteiger partial charge >= 0.3 is 5.97 Å². The van der Waals surface area contributed by atoms with Crippen LogP contribution in [0.15, 0.2) is 61.5 Å². The number of nitrogens with two attached hydrogens (primary N) is 2. The van der Waals surface area contributed by atoms with Gasteiger partial charge < -0.3 is 26.1 Å². The van der Waals surface area contributed by atoms with Gasteiger partial charge in [0.2, 0.25) is 16.0 Å². The molecule has 0 saturated carbocycles. The highest BCUT2D eigenvalue weighted by molar-refractivity contribution is 9.13. The van der Waals surface area contributed by atoms with E-state index in [1.165, 1.54) is 12.1 Å². The highest BCUT2D eigenvalue weighted by Crippen LogP contribution is 2.26. The van der Waals surface area contributed by atoms with E-state index >= 15 is 0 Å². The van der Waals surface area contributed by atoms with Crippen molar-refractivity contribution >= 4 is 53.8 Å². The van der Waals surface area contributed by atoms with Crippen LogP contribution in [-0.2, 0) is 26.1 Å². The first-order chi connectivity index (χ1) is 15.1. The number of aliphatic carboxylic acids is 1. The average Bonchev–Trinajstić information content (AvgIpc) is 2.72. The van der Waals surface area contributed by atoms with E-state index in [1.54, 1.807) is 30.3 Å². The van der Waals surface area contributed by atoms with Crippen LogP contribution in [0.4, 0.5) is 0 Å². The molecule has 2 aromatic rings. The Morgan fingerprint density at radius 2 is 1.78 bits per heavy atom. The molecule has 0 bridgehead atoms. The number of hydrogen-bond donors (Lipinski definition) is 4. The molecule has 174 valence electrons. The second-order valence-electron chi connectivity index (χ2n) is 6.49. The molecule has 2 rings (SSSR count). The van der Waals surface area contributed by atoms with Gasteiger partial charge in [0.1, 0.15) is 18.4 Å². The Bertz CT molecular complexity index is 1060. The Morgan fingerprint density at radius 1 is 1.09 bits per heavy atom. The fourth-order valence-corrected chi connectivity index (χ4v) is 4.46. The summed E-state index contributed by atoms with van der Waals surface area (Å²) in [6, 6.07) is 9.67. The third-order valence-electron chi connectivity index (χ3n) is 3.98. The van der Waals surface area contributed by atoms with E-state index in [-0.39, 0.29) is 23.9 Å². The fourth-order valence-electron chi connectivity index (χ4n) is 2.47. The van der Waals surface area contributed by atoms with E-state index in [2.05, 4.69) is 41.7 Å². The summed E-state index contributed by atoms with van der Waals surface area (Å²) in [7, 11) is -4.04. The van der Waals surface area contributed by atoms with Crippen molar-refractivity contribution in [1.29, 1.82) is 0 Å². The number of carboxylic acids is 1. The normalized spacial score (nSPS) is 12.1. The third-order valence-corrected chi connectivity index (χ3v) is 7.33. The number of guanidine groups is 1. The van der Waals surface area contributed by atoms with Crippen LogP contribution in [0, 0.1) is 0 Å². The van der Waals surface area contributed by atoms with Gasteiger partial charge in [0, 0.05) is 15.4 Å². The summed E-state index contributed by atoms with van der Waals surface area (Å²) in [5.74, 6) is -0.873. The zero-order chi connectivity index (χ0) is 23.7. The maximum Gasteiger partial charge on any atom is 0.322 e. The van der Waals surface area contributed by atoms with Crippen molar-refractivity contribution in [2.45, 2.75) is 23.8 Å². The lowest BCUT2D eigenvalue weighted by atomic mass is 10.1. The van der Waals surface area contributed by atoms with Crippen molar-refractivity contribution in [2.24, 2.45) is 16.6 Å². The quantitative estimate of drug-likeness (QED) is 0.126. The number of halogens is 2. The predicted octanol–water partition coefficient (Wildman–Crippen LogP) is 2.16. The number of benzene rings is 2. The van der Waals surface area contributed by atoms with Gasteiger partial charge in [-0.15, -0.1) is 0 Å². The van der Waals surface area contributed by atoms with Crippen LogP contribution in [0.25, 0.3) is 0 Å². The van der Waals surface area contributed by atoms with E-state index < -0.39 is 22.0 Å². The minimum Gasteiger partial charge on any atom is -0.493 e. The molecular formula is C19H22Br2N4O6S. The maximum absolute atomic E-state index is 12.6. The van der Waals surface area contributed by atoms with Crippen LogP contribution in [0.1, 0.15) is 12.0 Å². The van der Waals surface area contributed by atoms with E-state index in [0.29, 0.717) is 33.3 Å². The summed E-state index contributed by atoms with van der Waals surface area (Å²) in [4.78, 5) is 16.5. The Morgan fingerprint density at radius 3 is 2.38 bits per heavy atom. The summed E-state index contributed by atoms with van der Waals surface area (Å²) < 4.78 is 34.3. The van der Waals surface area contributed by atoms with Crippen LogP contribution in [0.2, 0.25) is 0 Å². The molecule has 10 nitrogen and oxygen atoms in total. The molecule has 0 amide bonds. The van der Waals surface area contributed by atoms with Gasteiger partial charge in [-0.2, -0.15) is 4.72 Å². The summed E-state index contributed by atoms with van der Waals surface area (Å²) in [5, 5.41) is 12.9. The molecule has 0 aliphatic heterocycles. The van der Waals surface area contributed by atoms with Gasteiger partial charge in [0.25, 0.3) is 0 Å². The van der Waals surface area contributed by atoms with Crippen molar-refractivity contribution in [3.8, 4) is 5.75 Å². The minimum absolute atomic E-state index is 0.0428. The molecule has 0 radical (unpaired) electrons. The third kappa shape index (κ3) is 8.30. The number of sulfonamides is 1. The topological polar surface area (TPSA) is 166 Å². The first kappa shape index (κ1) is 25.9. The molecule has 0 aliphatic rings. The minimum atomic E-state index is -4.04. The molecule has 1 unspecified atom stereocenters. The number of carboxylic acid groups (broad SMARTS) is 1. The second kappa shape index (κ2) is 12.0. The Balaban J connectivity index is 1.95. The molecule has 13 heteroatoms. The number of ether oxygens (including phenoxy) is 1. The van der Waals surface area contributed by atoms with Crippen molar-refractivity contribution in [1.82, 2.24) is 4.72 Å². The number of rotatable bonds is 12. The SMILES string of the molecule is NC(N)=NOCCCOc1ccc(CC(NS(=O)(=O)c2ccc(Br)c(Br)c2)C(=O)O)cc1. The maximum atomic E-state index is 12.6. The van der Waals surface area contributed by atoms with Crippen LogP contribution < -0.4 is 20.9 Å². The molecule has 0 aromatic heterocycles. The van der Waals surface area contributed by atoms with E-state index in [9.17, 15) is 18.3 Å². The van der Waals surface area contributed by atoms with E-state index in [0.717, 1.165) is 0 Å². The first-order valence-electron chi connectivity index (χ1n) is 9.21. The van der Waals surface area contributed by atoms with Gasteiger partial charge in [-0.3, -0.25) is 4.79 Å². The largest absolute Gasteiger partial charge is 0.493 e. The highest BCUT2D eigenvalue weighted by Gasteiger charge is 2.26. The van der Waals surface area contributed by atoms with Crippen LogP contribution in [-0.4, -0.2) is 44.7 Å². The molecule has 0 saturated heterocycles. The van der Waals surface area contributed by atoms with Crippen molar-refractivity contribution in [3.05, 3.63) is 57.0 Å². The standard InChI is InChI=1S/C19H22Br2N4O6S/c20-15-7-6-14(11-16(15)21)32(28,29)25-17(18(26)27)10-12-2-4-13(5-3-12)30-8-1-9-31-24-19(22)23/h2-7,11,17,25H,1,8-10H2,(H,26,27)(H4,22,23,24). The van der Waals surface area contributed by atoms with Gasteiger partial charge in [-0.05, 0) is 79.3 Å². The second-order valence-corrected chi connectivity index (χ2v) is 9.91. The highest BCUT2D eigenvalue weighted by atomic mass is 79.9. The van der Waals surface area contributed by atoms with Crippen LogP contribution in [0.5, 0.6) is 5.75 Å². The number of nitrogens with zero attached hydrogens (tertiary/aromatic N) is 1. The molecular weight excluding hydrogens is 572 g/mol. The summed E-state index contributed by atoms with van der Waals surface area (Å²) >= 11 is 6.51. The lowest BCUT2D eigenvalue weighted by Gasteiger charge is -2.16. The smallest absolute Gasteiger partial charge is 0.322 e. The summed E-state index contributed by atoms with van der Waals surface area (Å²) in [5.41, 5.74) is 10.9. The van der Waals surface area contributed by atoms with Crippen LogP contribution in [0.3, 0.4) is 0 Å². The molecule has 6 N–H and O–H groups in total. The van der Waals surface area contributed by atoms with Gasteiger partial charge in [-0.25, -0.2) is 8.42 Å². The van der Waals surface area contributed by atoms with Crippen molar-refractivity contribution in [3.63, 3.8) is 0 Å². The van der Waals surface area contributed by atoms with Crippen molar-refractivity contribution in [2.75, 3.05) is 13.2 Å². The van der Waals surface area contributed by atoms with Gasteiger partial charge in [0.15, 0.2) is 0 Å². The zero-order valence-electron chi connectivity index (χ0n) is 16.7. The monoisotopic (exact) mass is 592 g/mol. The van der Waals surface area contributed by atoms with Gasteiger partial charge in [-0.1, -0.05) is 12.1 Å². The molecule has 0 fully saturated rings. The molecule has 0 heterocycles. The number of hydrogen-bond acceptors (Lipinski definition) is 6. The Kier molecular flexibility index (Phi) is 9.75. The lowest BCUT2D eigenvalue weighted by molar-refractivity contribution is -0.138. The molecule has 0 spiro atoms. The molecule has 32 heavy (non-hydrogen) atoms. The Hall–Kier alpha value is -2.35. The molecule has 0 aliphatic carbocycles. The number of oxime groups is 1. The first-order valence-corrected chi connectivity index (χ1v) is 12.3. The Labute approximate surface area is 202 Å². The van der Waals surface area contributed by atoms with E-state index in [4.69, 9.17) is 21.0 Å². The summed E-state index contributed by atoms with van der Waals surface area (Å²) in [6.45, 7) is 0.644. The lowest BCUT2D eigenvalue weighted by Crippen LogP contribution is -2.42.